The van der Waals surface area contributed by atoms with Crippen molar-refractivity contribution in [3.05, 3.63) is 0 Å². The Morgan fingerprint density at radius 3 is 2.75 bits per heavy atom. The zero-order valence-corrected chi connectivity index (χ0v) is 7.92. The number of aliphatic hydroxyl groups is 2. The summed E-state index contributed by atoms with van der Waals surface area (Å²) in [5, 5.41) is 18.8. The van der Waals surface area contributed by atoms with Crippen molar-refractivity contribution in [1.29, 1.82) is 0 Å². The summed E-state index contributed by atoms with van der Waals surface area (Å²) in [7, 11) is 0. The molecule has 2 nitrogen and oxygen atoms in total. The minimum atomic E-state index is -1.35. The van der Waals surface area contributed by atoms with Gasteiger partial charge in [-0.1, -0.05) is 32.6 Å². The molecule has 1 aliphatic carbocycles. The predicted molar refractivity (Wildman–Crippen MR) is 48.7 cm³/mol. The molecule has 0 aromatic rings. The summed E-state index contributed by atoms with van der Waals surface area (Å²) in [5.41, 5.74) is 0. The lowest BCUT2D eigenvalue weighted by molar-refractivity contribution is -0.191. The fourth-order valence-corrected chi connectivity index (χ4v) is 2.08. The molecule has 1 atom stereocenters. The molecule has 1 saturated carbocycles. The van der Waals surface area contributed by atoms with Crippen LogP contribution in [0.15, 0.2) is 0 Å². The van der Waals surface area contributed by atoms with Gasteiger partial charge in [0.25, 0.3) is 0 Å². The lowest BCUT2D eigenvalue weighted by atomic mass is 9.82. The van der Waals surface area contributed by atoms with Crippen LogP contribution in [-0.2, 0) is 0 Å². The van der Waals surface area contributed by atoms with Gasteiger partial charge in [0.2, 0.25) is 0 Å². The Morgan fingerprint density at radius 2 is 2.17 bits per heavy atom. The highest BCUT2D eigenvalue weighted by molar-refractivity contribution is 4.77. The molecular formula is C10H20O2. The first kappa shape index (κ1) is 10.0. The molecule has 1 aliphatic rings. The average molecular weight is 172 g/mol. The topological polar surface area (TPSA) is 40.5 Å². The Hall–Kier alpha value is -0.0800. The zero-order valence-electron chi connectivity index (χ0n) is 7.92. The van der Waals surface area contributed by atoms with Gasteiger partial charge in [0.15, 0.2) is 5.79 Å². The first-order valence-electron chi connectivity index (χ1n) is 5.09. The molecule has 0 bridgehead atoms. The Balaban J connectivity index is 2.26. The molecule has 0 aliphatic heterocycles. The van der Waals surface area contributed by atoms with E-state index in [9.17, 15) is 10.2 Å². The Bertz CT molecular complexity index is 132. The van der Waals surface area contributed by atoms with Crippen molar-refractivity contribution >= 4 is 0 Å². The van der Waals surface area contributed by atoms with Gasteiger partial charge < -0.3 is 10.2 Å². The van der Waals surface area contributed by atoms with E-state index in [4.69, 9.17) is 0 Å². The first-order valence-corrected chi connectivity index (χ1v) is 5.09. The second kappa shape index (κ2) is 4.24. The van der Waals surface area contributed by atoms with Crippen molar-refractivity contribution in [2.45, 2.75) is 57.7 Å². The fraction of sp³-hybridized carbons (Fsp3) is 1.00. The zero-order chi connectivity index (χ0) is 9.03. The van der Waals surface area contributed by atoms with Gasteiger partial charge in [-0.25, -0.2) is 0 Å². The smallest absolute Gasteiger partial charge is 0.162 e. The van der Waals surface area contributed by atoms with Crippen molar-refractivity contribution in [1.82, 2.24) is 0 Å². The SMILES string of the molecule is CCCCC1CCCC(O)(O)C1. The summed E-state index contributed by atoms with van der Waals surface area (Å²) in [4.78, 5) is 0. The van der Waals surface area contributed by atoms with Crippen molar-refractivity contribution in [2.24, 2.45) is 5.92 Å². The van der Waals surface area contributed by atoms with Crippen LogP contribution in [-0.4, -0.2) is 16.0 Å². The van der Waals surface area contributed by atoms with Crippen molar-refractivity contribution in [3.8, 4) is 0 Å². The van der Waals surface area contributed by atoms with Gasteiger partial charge in [0, 0.05) is 12.8 Å². The van der Waals surface area contributed by atoms with Crippen molar-refractivity contribution in [2.75, 3.05) is 0 Å². The molecule has 0 heterocycles. The van der Waals surface area contributed by atoms with Crippen LogP contribution in [0, 0.1) is 5.92 Å². The molecule has 0 aromatic heterocycles. The van der Waals surface area contributed by atoms with E-state index in [-0.39, 0.29) is 0 Å². The van der Waals surface area contributed by atoms with Gasteiger partial charge in [-0.15, -0.1) is 0 Å². The number of rotatable bonds is 3. The van der Waals surface area contributed by atoms with Crippen LogP contribution in [0.5, 0.6) is 0 Å². The van der Waals surface area contributed by atoms with E-state index in [1.165, 1.54) is 25.7 Å². The largest absolute Gasteiger partial charge is 0.366 e. The average Bonchev–Trinajstić information content (AvgIpc) is 1.99. The quantitative estimate of drug-likeness (QED) is 0.640. The van der Waals surface area contributed by atoms with Gasteiger partial charge in [-0.2, -0.15) is 0 Å². The van der Waals surface area contributed by atoms with Crippen LogP contribution in [0.2, 0.25) is 0 Å². The number of hydrogen-bond donors (Lipinski definition) is 2. The minimum Gasteiger partial charge on any atom is -0.366 e. The second-order valence-corrected chi connectivity index (χ2v) is 4.09. The maximum atomic E-state index is 9.40. The van der Waals surface area contributed by atoms with E-state index in [1.54, 1.807) is 0 Å². The van der Waals surface area contributed by atoms with E-state index >= 15 is 0 Å². The third-order valence-electron chi connectivity index (χ3n) is 2.77. The Morgan fingerprint density at radius 1 is 1.42 bits per heavy atom. The highest BCUT2D eigenvalue weighted by atomic mass is 16.5. The molecule has 2 N–H and O–H groups in total. The molecular weight excluding hydrogens is 152 g/mol. The second-order valence-electron chi connectivity index (χ2n) is 4.09. The van der Waals surface area contributed by atoms with Gasteiger partial charge in [0.1, 0.15) is 0 Å². The molecule has 0 aromatic carbocycles. The summed E-state index contributed by atoms with van der Waals surface area (Å²) in [6.45, 7) is 2.17. The Kier molecular flexibility index (Phi) is 3.53. The number of hydrogen-bond acceptors (Lipinski definition) is 2. The summed E-state index contributed by atoms with van der Waals surface area (Å²) >= 11 is 0. The minimum absolute atomic E-state index is 0.550. The predicted octanol–water partition coefficient (Wildman–Crippen LogP) is 2.05. The lowest BCUT2D eigenvalue weighted by Gasteiger charge is -2.32. The van der Waals surface area contributed by atoms with Crippen LogP contribution in [0.3, 0.4) is 0 Å². The van der Waals surface area contributed by atoms with Crippen LogP contribution in [0.4, 0.5) is 0 Å². The van der Waals surface area contributed by atoms with Crippen LogP contribution in [0.1, 0.15) is 51.9 Å². The normalized spacial score (nSPS) is 28.8. The van der Waals surface area contributed by atoms with Gasteiger partial charge in [0.05, 0.1) is 0 Å². The monoisotopic (exact) mass is 172 g/mol. The highest BCUT2D eigenvalue weighted by Gasteiger charge is 2.31. The first-order chi connectivity index (χ1) is 5.64. The summed E-state index contributed by atoms with van der Waals surface area (Å²) in [6.07, 6.45) is 6.91. The molecule has 1 rings (SSSR count). The molecule has 2 heteroatoms. The molecule has 0 saturated heterocycles. The summed E-state index contributed by atoms with van der Waals surface area (Å²) in [5.74, 6) is -0.801. The lowest BCUT2D eigenvalue weighted by Crippen LogP contribution is -2.34. The molecule has 12 heavy (non-hydrogen) atoms. The van der Waals surface area contributed by atoms with Crippen molar-refractivity contribution in [3.63, 3.8) is 0 Å². The van der Waals surface area contributed by atoms with E-state index in [1.807, 2.05) is 0 Å². The Labute approximate surface area is 74.6 Å². The highest BCUT2D eigenvalue weighted by Crippen LogP contribution is 2.33. The van der Waals surface area contributed by atoms with Gasteiger partial charge in [-0.3, -0.25) is 0 Å². The van der Waals surface area contributed by atoms with Crippen molar-refractivity contribution < 1.29 is 10.2 Å². The van der Waals surface area contributed by atoms with Gasteiger partial charge in [-0.05, 0) is 12.3 Å². The molecule has 0 radical (unpaired) electrons. The maximum Gasteiger partial charge on any atom is 0.162 e. The van der Waals surface area contributed by atoms with Gasteiger partial charge >= 0.3 is 0 Å². The molecule has 1 unspecified atom stereocenters. The fourth-order valence-electron chi connectivity index (χ4n) is 2.08. The van der Waals surface area contributed by atoms with Crippen LogP contribution in [0.25, 0.3) is 0 Å². The van der Waals surface area contributed by atoms with E-state index in [2.05, 4.69) is 6.92 Å². The molecule has 72 valence electrons. The third kappa shape index (κ3) is 3.11. The molecule has 1 fully saturated rings. The maximum absolute atomic E-state index is 9.40. The third-order valence-corrected chi connectivity index (χ3v) is 2.77. The standard InChI is InChI=1S/C10H20O2/c1-2-3-5-9-6-4-7-10(11,12)8-9/h9,11-12H,2-8H2,1H3. The summed E-state index contributed by atoms with van der Waals surface area (Å²) in [6, 6.07) is 0. The van der Waals surface area contributed by atoms with E-state index in [0.29, 0.717) is 18.8 Å². The molecule has 0 spiro atoms. The summed E-state index contributed by atoms with van der Waals surface area (Å²) < 4.78 is 0. The number of unbranched alkanes of at least 4 members (excludes halogenated alkanes) is 1. The van der Waals surface area contributed by atoms with Crippen LogP contribution < -0.4 is 0 Å². The molecule has 0 amide bonds. The van der Waals surface area contributed by atoms with E-state index < -0.39 is 5.79 Å². The van der Waals surface area contributed by atoms with Crippen LogP contribution >= 0.6 is 0 Å². The van der Waals surface area contributed by atoms with E-state index in [0.717, 1.165) is 6.42 Å².